The van der Waals surface area contributed by atoms with Crippen molar-refractivity contribution < 1.29 is 13.3 Å². The van der Waals surface area contributed by atoms with Crippen molar-refractivity contribution in [3.05, 3.63) is 63.0 Å². The number of thiophene rings is 1. The Morgan fingerprint density at radius 3 is 2.76 bits per heavy atom. The number of nitrogens with one attached hydrogen (secondary N) is 1. The van der Waals surface area contributed by atoms with Crippen LogP contribution >= 0.6 is 11.3 Å². The molecule has 0 saturated heterocycles. The number of sulfonamides is 1. The summed E-state index contributed by atoms with van der Waals surface area (Å²) in [6.45, 7) is 0. The third-order valence-corrected chi connectivity index (χ3v) is 6.79. The lowest BCUT2D eigenvalue weighted by molar-refractivity contribution is -0.380. The summed E-state index contributed by atoms with van der Waals surface area (Å²) in [5.41, 5.74) is 1.73. The number of allylic oxidation sites excluding steroid dienone is 2. The molecule has 0 bridgehead atoms. The van der Waals surface area contributed by atoms with E-state index in [1.54, 1.807) is 18.2 Å². The molecule has 9 heteroatoms. The van der Waals surface area contributed by atoms with Crippen LogP contribution in [0.25, 0.3) is 0 Å². The highest BCUT2D eigenvalue weighted by molar-refractivity contribution is 7.89. The summed E-state index contributed by atoms with van der Waals surface area (Å²) in [5, 5.41) is 19.8. The predicted octanol–water partition coefficient (Wildman–Crippen LogP) is 3.13. The minimum Gasteiger partial charge on any atom is -0.377 e. The molecule has 0 saturated carbocycles. The topological polar surface area (TPSA) is 115 Å². The van der Waals surface area contributed by atoms with Gasteiger partial charge in [-0.3, -0.25) is 10.1 Å². The van der Waals surface area contributed by atoms with Gasteiger partial charge in [-0.05, 0) is 42.2 Å². The van der Waals surface area contributed by atoms with Gasteiger partial charge in [0.15, 0.2) is 0 Å². The van der Waals surface area contributed by atoms with Gasteiger partial charge in [0, 0.05) is 22.5 Å². The number of benzene rings is 1. The largest absolute Gasteiger partial charge is 0.377 e. The second-order valence-electron chi connectivity index (χ2n) is 6.20. The molecule has 0 radical (unpaired) electrons. The predicted molar refractivity (Wildman–Crippen MR) is 95.1 cm³/mol. The molecule has 1 aromatic carbocycles. The molecule has 0 fully saturated rings. The van der Waals surface area contributed by atoms with Crippen LogP contribution in [0.2, 0.25) is 0 Å². The first-order chi connectivity index (χ1) is 11.8. The molecule has 1 aliphatic carbocycles. The van der Waals surface area contributed by atoms with Crippen LogP contribution in [0.1, 0.15) is 28.8 Å². The highest BCUT2D eigenvalue weighted by Gasteiger charge is 2.39. The fourth-order valence-corrected chi connectivity index (χ4v) is 5.14. The molecule has 4 rings (SSSR count). The van der Waals surface area contributed by atoms with Crippen LogP contribution in [0.4, 0.5) is 10.7 Å². The lowest BCUT2D eigenvalue weighted by Gasteiger charge is -2.36. The number of hydrogen-bond donors (Lipinski definition) is 2. The third-order valence-electron chi connectivity index (χ3n) is 4.76. The number of nitrogens with two attached hydrogens (primary N) is 1. The van der Waals surface area contributed by atoms with Gasteiger partial charge in [0.2, 0.25) is 10.0 Å². The van der Waals surface area contributed by atoms with Gasteiger partial charge in [-0.1, -0.05) is 23.5 Å². The Kier molecular flexibility index (Phi) is 3.67. The molecule has 25 heavy (non-hydrogen) atoms. The van der Waals surface area contributed by atoms with E-state index >= 15 is 0 Å². The molecule has 3 atom stereocenters. The molecule has 1 aromatic heterocycles. The van der Waals surface area contributed by atoms with Crippen molar-refractivity contribution >= 4 is 32.0 Å². The zero-order valence-corrected chi connectivity index (χ0v) is 14.6. The van der Waals surface area contributed by atoms with Crippen molar-refractivity contribution in [2.24, 2.45) is 11.1 Å². The SMILES string of the molecule is NS(=O)(=O)c1ccc2c(c1)[C@H]1C=CC[C@H]1[C@@H](c1ccc([N+](=O)[O-])s1)N2. The Bertz CT molecular complexity index is 997. The molecule has 0 amide bonds. The average molecular weight is 377 g/mol. The smallest absolute Gasteiger partial charge is 0.324 e. The zero-order chi connectivity index (χ0) is 17.8. The molecular formula is C16H15N3O4S2. The molecule has 0 spiro atoms. The summed E-state index contributed by atoms with van der Waals surface area (Å²) < 4.78 is 23.3. The van der Waals surface area contributed by atoms with Crippen molar-refractivity contribution in [3.8, 4) is 0 Å². The van der Waals surface area contributed by atoms with Crippen molar-refractivity contribution in [1.82, 2.24) is 0 Å². The summed E-state index contributed by atoms with van der Waals surface area (Å²) in [6, 6.07) is 8.09. The highest BCUT2D eigenvalue weighted by atomic mass is 32.2. The number of nitrogens with zero attached hydrogens (tertiary/aromatic N) is 1. The van der Waals surface area contributed by atoms with E-state index in [0.717, 1.165) is 22.5 Å². The molecule has 130 valence electrons. The molecule has 2 heterocycles. The summed E-state index contributed by atoms with van der Waals surface area (Å²) >= 11 is 1.17. The van der Waals surface area contributed by atoms with E-state index in [2.05, 4.69) is 17.5 Å². The molecule has 7 nitrogen and oxygen atoms in total. The fourth-order valence-electron chi connectivity index (χ4n) is 3.64. The Balaban J connectivity index is 1.77. The van der Waals surface area contributed by atoms with E-state index in [4.69, 9.17) is 5.14 Å². The van der Waals surface area contributed by atoms with Crippen molar-refractivity contribution in [2.75, 3.05) is 5.32 Å². The number of primary sulfonamides is 1. The van der Waals surface area contributed by atoms with E-state index in [1.807, 2.05) is 0 Å². The third kappa shape index (κ3) is 2.74. The average Bonchev–Trinajstić information content (AvgIpc) is 3.22. The Morgan fingerprint density at radius 2 is 2.08 bits per heavy atom. The minimum atomic E-state index is -3.76. The van der Waals surface area contributed by atoms with Crippen LogP contribution in [0, 0.1) is 16.0 Å². The summed E-state index contributed by atoms with van der Waals surface area (Å²) in [7, 11) is -3.76. The zero-order valence-electron chi connectivity index (χ0n) is 13.0. The standard InChI is InChI=1S/C16H15N3O4S2/c17-25(22,23)9-4-5-13-12(8-9)10-2-1-3-11(10)16(18-13)14-6-7-15(24-14)19(20)21/h1-2,4-8,10-11,16,18H,3H2,(H2,17,22,23)/t10-,11+,16-/m0/s1. The van der Waals surface area contributed by atoms with Crippen molar-refractivity contribution in [1.29, 1.82) is 0 Å². The highest BCUT2D eigenvalue weighted by Crippen LogP contribution is 2.51. The van der Waals surface area contributed by atoms with Crippen molar-refractivity contribution in [2.45, 2.75) is 23.3 Å². The maximum Gasteiger partial charge on any atom is 0.324 e. The number of rotatable bonds is 3. The lowest BCUT2D eigenvalue weighted by atomic mass is 9.79. The maximum atomic E-state index is 11.6. The molecule has 2 aromatic rings. The van der Waals surface area contributed by atoms with Crippen LogP contribution in [0.5, 0.6) is 0 Å². The van der Waals surface area contributed by atoms with Crippen LogP contribution in [-0.4, -0.2) is 13.3 Å². The van der Waals surface area contributed by atoms with Gasteiger partial charge in [-0.25, -0.2) is 13.6 Å². The number of fused-ring (bicyclic) bond motifs is 3. The maximum absolute atomic E-state index is 11.6. The molecular weight excluding hydrogens is 362 g/mol. The monoisotopic (exact) mass is 377 g/mol. The molecule has 3 N–H and O–H groups in total. The van der Waals surface area contributed by atoms with Gasteiger partial charge >= 0.3 is 5.00 Å². The fraction of sp³-hybridized carbons (Fsp3) is 0.250. The second-order valence-corrected chi connectivity index (χ2v) is 8.86. The molecule has 1 aliphatic heterocycles. The summed E-state index contributed by atoms with van der Waals surface area (Å²) in [6.07, 6.45) is 4.98. The van der Waals surface area contributed by atoms with E-state index in [1.165, 1.54) is 23.5 Å². The number of hydrogen-bond acceptors (Lipinski definition) is 6. The first-order valence-electron chi connectivity index (χ1n) is 7.68. The quantitative estimate of drug-likeness (QED) is 0.484. The minimum absolute atomic E-state index is 0.0495. The number of anilines is 1. The first-order valence-corrected chi connectivity index (χ1v) is 10.0. The second kappa shape index (κ2) is 5.65. The van der Waals surface area contributed by atoms with E-state index in [-0.39, 0.29) is 32.7 Å². The first kappa shape index (κ1) is 16.2. The van der Waals surface area contributed by atoms with Crippen LogP contribution in [0.15, 0.2) is 47.4 Å². The Morgan fingerprint density at radius 1 is 1.28 bits per heavy atom. The molecule has 0 unspecified atom stereocenters. The van der Waals surface area contributed by atoms with Gasteiger partial charge in [0.25, 0.3) is 0 Å². The van der Waals surface area contributed by atoms with E-state index in [0.29, 0.717) is 0 Å². The van der Waals surface area contributed by atoms with Gasteiger partial charge in [0.1, 0.15) is 0 Å². The Hall–Kier alpha value is -2.23. The van der Waals surface area contributed by atoms with Gasteiger partial charge in [0.05, 0.1) is 15.9 Å². The van der Waals surface area contributed by atoms with Crippen LogP contribution < -0.4 is 10.5 Å². The van der Waals surface area contributed by atoms with Gasteiger partial charge in [-0.2, -0.15) is 0 Å². The van der Waals surface area contributed by atoms with Crippen LogP contribution in [-0.2, 0) is 10.0 Å². The summed E-state index contributed by atoms with van der Waals surface area (Å²) in [4.78, 5) is 11.6. The van der Waals surface area contributed by atoms with E-state index < -0.39 is 10.0 Å². The van der Waals surface area contributed by atoms with Gasteiger partial charge < -0.3 is 5.32 Å². The van der Waals surface area contributed by atoms with Crippen LogP contribution in [0.3, 0.4) is 0 Å². The Labute approximate surface area is 148 Å². The normalized spacial score (nSPS) is 24.4. The van der Waals surface area contributed by atoms with Gasteiger partial charge in [-0.15, -0.1) is 0 Å². The van der Waals surface area contributed by atoms with E-state index in [9.17, 15) is 18.5 Å². The van der Waals surface area contributed by atoms with Crippen molar-refractivity contribution in [3.63, 3.8) is 0 Å². The summed E-state index contributed by atoms with van der Waals surface area (Å²) in [5.74, 6) is 0.241. The molecule has 2 aliphatic rings. The number of nitro groups is 1. The lowest BCUT2D eigenvalue weighted by Crippen LogP contribution is -2.28.